The maximum absolute atomic E-state index is 11.4. The van der Waals surface area contributed by atoms with E-state index in [4.69, 9.17) is 0 Å². The number of rotatable bonds is 5. The molecule has 0 bridgehead atoms. The first-order valence-electron chi connectivity index (χ1n) is 4.20. The largest absolute Gasteiger partial charge is 0.293 e. The number of nitrogens with zero attached hydrogens (tertiary/aromatic N) is 2. The molecule has 1 rings (SSSR count). The highest BCUT2D eigenvalue weighted by molar-refractivity contribution is 7.99. The third-order valence-corrected chi connectivity index (χ3v) is 2.63. The number of carbonyl (C=O) groups is 1. The monoisotopic (exact) mass is 196 g/mol. The number of aromatic nitrogens is 2. The first-order valence-corrected chi connectivity index (χ1v) is 5.36. The lowest BCUT2D eigenvalue weighted by atomic mass is 10.2. The van der Waals surface area contributed by atoms with Gasteiger partial charge < -0.3 is 0 Å². The van der Waals surface area contributed by atoms with E-state index in [0.717, 1.165) is 12.2 Å². The van der Waals surface area contributed by atoms with Crippen LogP contribution in [-0.4, -0.2) is 27.3 Å². The van der Waals surface area contributed by atoms with Gasteiger partial charge in [-0.2, -0.15) is 11.8 Å². The molecule has 4 heteroatoms. The lowest BCUT2D eigenvalue weighted by Crippen LogP contribution is -2.03. The molecule has 1 aromatic rings. The molecule has 0 aromatic carbocycles. The predicted octanol–water partition coefficient (Wildman–Crippen LogP) is 1.80. The van der Waals surface area contributed by atoms with Gasteiger partial charge in [-0.25, -0.2) is 9.97 Å². The molecule has 0 saturated carbocycles. The maximum atomic E-state index is 11.4. The summed E-state index contributed by atoms with van der Waals surface area (Å²) in [6, 6.07) is 0. The van der Waals surface area contributed by atoms with Gasteiger partial charge in [0, 0.05) is 12.4 Å². The predicted molar refractivity (Wildman–Crippen MR) is 54.0 cm³/mol. The minimum atomic E-state index is 0.110. The van der Waals surface area contributed by atoms with Gasteiger partial charge in [0.2, 0.25) is 0 Å². The summed E-state index contributed by atoms with van der Waals surface area (Å²) in [7, 11) is 0. The van der Waals surface area contributed by atoms with Crippen molar-refractivity contribution >= 4 is 17.5 Å². The van der Waals surface area contributed by atoms with Gasteiger partial charge in [0.05, 0.1) is 11.3 Å². The fraction of sp³-hybridized carbons (Fsp3) is 0.444. The van der Waals surface area contributed by atoms with Gasteiger partial charge >= 0.3 is 0 Å². The van der Waals surface area contributed by atoms with Crippen molar-refractivity contribution in [3.05, 3.63) is 24.3 Å². The zero-order valence-corrected chi connectivity index (χ0v) is 8.38. The van der Waals surface area contributed by atoms with Crippen molar-refractivity contribution in [2.45, 2.75) is 13.3 Å². The molecule has 3 nitrogen and oxygen atoms in total. The summed E-state index contributed by atoms with van der Waals surface area (Å²) >= 11 is 1.65. The molecule has 13 heavy (non-hydrogen) atoms. The number of ketones is 1. The zero-order valence-electron chi connectivity index (χ0n) is 7.56. The second-order valence-corrected chi connectivity index (χ2v) is 3.71. The third kappa shape index (κ3) is 3.55. The Hall–Kier alpha value is -0.900. The Morgan fingerprint density at radius 2 is 2.15 bits per heavy atom. The van der Waals surface area contributed by atoms with Crippen LogP contribution in [0.4, 0.5) is 0 Å². The molecular weight excluding hydrogens is 184 g/mol. The van der Waals surface area contributed by atoms with Gasteiger partial charge in [-0.15, -0.1) is 0 Å². The summed E-state index contributed by atoms with van der Waals surface area (Å²) in [5, 5.41) is 0. The number of Topliss-reactive ketones (excluding diaryl/α,β-unsaturated/α-hetero) is 1. The first kappa shape index (κ1) is 10.2. The van der Waals surface area contributed by atoms with E-state index in [9.17, 15) is 4.79 Å². The molecule has 0 amide bonds. The van der Waals surface area contributed by atoms with E-state index in [1.54, 1.807) is 24.2 Å². The van der Waals surface area contributed by atoms with E-state index < -0.39 is 0 Å². The summed E-state index contributed by atoms with van der Waals surface area (Å²) in [5.41, 5.74) is 0.603. The van der Waals surface area contributed by atoms with Crippen molar-refractivity contribution in [3.63, 3.8) is 0 Å². The summed E-state index contributed by atoms with van der Waals surface area (Å²) in [5.74, 6) is 1.67. The van der Waals surface area contributed by atoms with E-state index in [1.165, 1.54) is 6.33 Å². The molecule has 1 heterocycles. The minimum Gasteiger partial charge on any atom is -0.293 e. The van der Waals surface area contributed by atoms with E-state index in [2.05, 4.69) is 16.9 Å². The van der Waals surface area contributed by atoms with Gasteiger partial charge in [0.25, 0.3) is 0 Å². The van der Waals surface area contributed by atoms with E-state index in [-0.39, 0.29) is 5.78 Å². The van der Waals surface area contributed by atoms with Crippen molar-refractivity contribution < 1.29 is 4.79 Å². The molecule has 0 radical (unpaired) electrons. The topological polar surface area (TPSA) is 42.9 Å². The summed E-state index contributed by atoms with van der Waals surface area (Å²) < 4.78 is 0. The average Bonchev–Trinajstić information content (AvgIpc) is 2.19. The molecule has 0 aliphatic heterocycles. The van der Waals surface area contributed by atoms with Crippen LogP contribution < -0.4 is 0 Å². The molecule has 0 atom stereocenters. The summed E-state index contributed by atoms with van der Waals surface area (Å²) in [6.07, 6.45) is 5.64. The van der Waals surface area contributed by atoms with Crippen LogP contribution in [0.1, 0.15) is 23.7 Å². The fourth-order valence-corrected chi connectivity index (χ4v) is 1.62. The molecule has 0 N–H and O–H groups in total. The Kier molecular flexibility index (Phi) is 4.46. The van der Waals surface area contributed by atoms with Crippen LogP contribution in [0.25, 0.3) is 0 Å². The van der Waals surface area contributed by atoms with Crippen molar-refractivity contribution in [1.82, 2.24) is 9.97 Å². The summed E-state index contributed by atoms with van der Waals surface area (Å²) in [4.78, 5) is 19.0. The number of thioether (sulfide) groups is 1. The Morgan fingerprint density at radius 3 is 2.77 bits per heavy atom. The molecule has 1 aromatic heterocycles. The Balaban J connectivity index is 2.40. The minimum absolute atomic E-state index is 0.110. The van der Waals surface area contributed by atoms with Gasteiger partial charge in [-0.1, -0.05) is 6.92 Å². The van der Waals surface area contributed by atoms with Gasteiger partial charge in [-0.05, 0) is 12.2 Å². The highest BCUT2D eigenvalue weighted by Crippen LogP contribution is 2.06. The Labute approximate surface area is 82.0 Å². The van der Waals surface area contributed by atoms with Crippen molar-refractivity contribution in [2.24, 2.45) is 0 Å². The number of hydrogen-bond donors (Lipinski definition) is 0. The number of carbonyl (C=O) groups excluding carboxylic acids is 1. The van der Waals surface area contributed by atoms with Crippen LogP contribution in [-0.2, 0) is 0 Å². The molecule has 0 fully saturated rings. The quantitative estimate of drug-likeness (QED) is 0.532. The third-order valence-electron chi connectivity index (χ3n) is 1.46. The maximum Gasteiger partial charge on any atom is 0.175 e. The van der Waals surface area contributed by atoms with Crippen molar-refractivity contribution in [2.75, 3.05) is 11.5 Å². The van der Waals surface area contributed by atoms with Crippen LogP contribution >= 0.6 is 11.8 Å². The van der Waals surface area contributed by atoms with Crippen LogP contribution in [0.5, 0.6) is 0 Å². The SMILES string of the molecule is CCCSCC(=O)c1cncnc1. The van der Waals surface area contributed by atoms with Gasteiger partial charge in [-0.3, -0.25) is 4.79 Å². The standard InChI is InChI=1S/C9H12N2OS/c1-2-3-13-6-9(12)8-4-10-7-11-5-8/h4-5,7H,2-3,6H2,1H3. The van der Waals surface area contributed by atoms with Crippen LogP contribution in [0, 0.1) is 0 Å². The molecule has 0 spiro atoms. The summed E-state index contributed by atoms with van der Waals surface area (Å²) in [6.45, 7) is 2.10. The average molecular weight is 196 g/mol. The molecule has 0 saturated heterocycles. The van der Waals surface area contributed by atoms with Gasteiger partial charge in [0.15, 0.2) is 5.78 Å². The number of hydrogen-bond acceptors (Lipinski definition) is 4. The highest BCUT2D eigenvalue weighted by Gasteiger charge is 2.04. The molecular formula is C9H12N2OS. The second kappa shape index (κ2) is 5.70. The Morgan fingerprint density at radius 1 is 1.46 bits per heavy atom. The smallest absolute Gasteiger partial charge is 0.175 e. The van der Waals surface area contributed by atoms with Crippen molar-refractivity contribution in [1.29, 1.82) is 0 Å². The van der Waals surface area contributed by atoms with Gasteiger partial charge in [0.1, 0.15) is 6.33 Å². The lowest BCUT2D eigenvalue weighted by Gasteiger charge is -1.98. The van der Waals surface area contributed by atoms with E-state index in [0.29, 0.717) is 11.3 Å². The van der Waals surface area contributed by atoms with Crippen LogP contribution in [0.3, 0.4) is 0 Å². The Bertz CT molecular complexity index is 264. The van der Waals surface area contributed by atoms with E-state index >= 15 is 0 Å². The molecule has 70 valence electrons. The normalized spacial score (nSPS) is 9.92. The second-order valence-electron chi connectivity index (χ2n) is 2.60. The first-order chi connectivity index (χ1) is 6.34. The van der Waals surface area contributed by atoms with Crippen molar-refractivity contribution in [3.8, 4) is 0 Å². The highest BCUT2D eigenvalue weighted by atomic mass is 32.2. The lowest BCUT2D eigenvalue weighted by molar-refractivity contribution is 0.102. The molecule has 0 aliphatic rings. The zero-order chi connectivity index (χ0) is 9.52. The van der Waals surface area contributed by atoms with Crippen LogP contribution in [0.2, 0.25) is 0 Å². The van der Waals surface area contributed by atoms with Crippen LogP contribution in [0.15, 0.2) is 18.7 Å². The molecule has 0 unspecified atom stereocenters. The van der Waals surface area contributed by atoms with E-state index in [1.807, 2.05) is 0 Å². The molecule has 0 aliphatic carbocycles. The fourth-order valence-electron chi connectivity index (χ4n) is 0.836.